The molecule has 0 amide bonds. The Balaban J connectivity index is 1.75. The number of rotatable bonds is 5. The second-order valence-corrected chi connectivity index (χ2v) is 5.12. The third-order valence-corrected chi connectivity index (χ3v) is 3.75. The van der Waals surface area contributed by atoms with Gasteiger partial charge in [0.15, 0.2) is 0 Å². The first kappa shape index (κ1) is 14.1. The molecule has 0 aliphatic carbocycles. The van der Waals surface area contributed by atoms with Crippen LogP contribution in [0.1, 0.15) is 19.3 Å². The number of pyridine rings is 1. The highest BCUT2D eigenvalue weighted by atomic mass is 16.5. The fraction of sp³-hybridized carbons (Fsp3) is 0.643. The third kappa shape index (κ3) is 4.08. The number of hydrogen-bond acceptors (Lipinski definition) is 4. The van der Waals surface area contributed by atoms with Gasteiger partial charge in [0.25, 0.3) is 5.56 Å². The lowest BCUT2D eigenvalue weighted by Gasteiger charge is -2.31. The van der Waals surface area contributed by atoms with Crippen LogP contribution in [0.4, 0.5) is 5.69 Å². The molecule has 19 heavy (non-hydrogen) atoms. The van der Waals surface area contributed by atoms with Crippen molar-refractivity contribution in [3.63, 3.8) is 0 Å². The van der Waals surface area contributed by atoms with E-state index in [0.29, 0.717) is 11.8 Å². The van der Waals surface area contributed by atoms with E-state index in [-0.39, 0.29) is 5.56 Å². The molecule has 1 saturated heterocycles. The molecule has 1 fully saturated rings. The highest BCUT2D eigenvalue weighted by molar-refractivity contribution is 5.33. The Morgan fingerprint density at radius 2 is 2.05 bits per heavy atom. The lowest BCUT2D eigenvalue weighted by Crippen LogP contribution is -2.37. The molecule has 5 heteroatoms. The van der Waals surface area contributed by atoms with Gasteiger partial charge in [-0.3, -0.25) is 4.79 Å². The van der Waals surface area contributed by atoms with Crippen molar-refractivity contribution in [3.8, 4) is 0 Å². The number of likely N-dealkylation sites (tertiary alicyclic amines) is 1. The van der Waals surface area contributed by atoms with E-state index < -0.39 is 0 Å². The minimum absolute atomic E-state index is 0.0206. The fourth-order valence-corrected chi connectivity index (χ4v) is 2.56. The largest absolute Gasteiger partial charge is 0.398 e. The molecule has 1 aromatic heterocycles. The van der Waals surface area contributed by atoms with E-state index in [1.54, 1.807) is 23.9 Å². The summed E-state index contributed by atoms with van der Waals surface area (Å²) in [7, 11) is 1.78. The molecule has 1 aromatic rings. The molecule has 1 aliphatic rings. The summed E-state index contributed by atoms with van der Waals surface area (Å²) in [6.45, 7) is 3.93. The van der Waals surface area contributed by atoms with Gasteiger partial charge in [0, 0.05) is 44.7 Å². The molecular formula is C14H23N3O2. The second kappa shape index (κ2) is 6.73. The summed E-state index contributed by atoms with van der Waals surface area (Å²) in [6.07, 6.45) is 5.33. The van der Waals surface area contributed by atoms with Crippen LogP contribution in [0.25, 0.3) is 0 Å². The van der Waals surface area contributed by atoms with E-state index >= 15 is 0 Å². The van der Waals surface area contributed by atoms with Crippen molar-refractivity contribution in [2.75, 3.05) is 32.5 Å². The van der Waals surface area contributed by atoms with Gasteiger partial charge in [0.2, 0.25) is 0 Å². The van der Waals surface area contributed by atoms with E-state index in [1.807, 2.05) is 0 Å². The van der Waals surface area contributed by atoms with Crippen molar-refractivity contribution in [3.05, 3.63) is 28.7 Å². The first-order chi connectivity index (χ1) is 9.19. The molecule has 0 radical (unpaired) electrons. The summed E-state index contributed by atoms with van der Waals surface area (Å²) in [5.41, 5.74) is 6.35. The maximum Gasteiger partial charge on any atom is 0.250 e. The minimum atomic E-state index is 0.0206. The second-order valence-electron chi connectivity index (χ2n) is 5.12. The zero-order valence-electron chi connectivity index (χ0n) is 11.5. The number of anilines is 1. The van der Waals surface area contributed by atoms with E-state index in [0.717, 1.165) is 45.4 Å². The predicted octanol–water partition coefficient (Wildman–Crippen LogP) is 0.931. The number of aromatic nitrogens is 1. The van der Waals surface area contributed by atoms with Crippen molar-refractivity contribution in [1.82, 2.24) is 9.47 Å². The predicted molar refractivity (Wildman–Crippen MR) is 76.2 cm³/mol. The number of ether oxygens (including phenoxy) is 1. The van der Waals surface area contributed by atoms with Gasteiger partial charge in [0.1, 0.15) is 0 Å². The van der Waals surface area contributed by atoms with Crippen LogP contribution < -0.4 is 11.3 Å². The quantitative estimate of drug-likeness (QED) is 0.860. The highest BCUT2D eigenvalue weighted by Gasteiger charge is 2.17. The number of methoxy groups -OCH3 is 1. The number of aryl methyl sites for hydroxylation is 1. The van der Waals surface area contributed by atoms with E-state index in [1.165, 1.54) is 6.07 Å². The Kier molecular flexibility index (Phi) is 4.99. The van der Waals surface area contributed by atoms with Gasteiger partial charge >= 0.3 is 0 Å². The molecule has 2 N–H and O–H groups in total. The monoisotopic (exact) mass is 265 g/mol. The van der Waals surface area contributed by atoms with E-state index in [9.17, 15) is 4.79 Å². The molecule has 0 unspecified atom stereocenters. The number of nitrogens with two attached hydrogens (primary N) is 1. The van der Waals surface area contributed by atoms with Gasteiger partial charge in [-0.2, -0.15) is 0 Å². The number of piperidine rings is 1. The van der Waals surface area contributed by atoms with Gasteiger partial charge in [-0.15, -0.1) is 0 Å². The summed E-state index contributed by atoms with van der Waals surface area (Å²) in [6, 6.07) is 3.17. The standard InChI is InChI=1S/C14H23N3O2/c1-19-13-5-9-16(10-6-13)7-2-8-17-11-12(15)3-4-14(17)18/h3-4,11,13H,2,5-10,15H2,1H3. The maximum atomic E-state index is 11.6. The van der Waals surface area contributed by atoms with Crippen molar-refractivity contribution < 1.29 is 4.74 Å². The Morgan fingerprint density at radius 3 is 2.74 bits per heavy atom. The lowest BCUT2D eigenvalue weighted by atomic mass is 10.1. The van der Waals surface area contributed by atoms with Crippen LogP contribution in [0.15, 0.2) is 23.1 Å². The van der Waals surface area contributed by atoms with E-state index in [2.05, 4.69) is 4.90 Å². The van der Waals surface area contributed by atoms with Gasteiger partial charge < -0.3 is 19.9 Å². The summed E-state index contributed by atoms with van der Waals surface area (Å²) in [5, 5.41) is 0. The molecule has 0 bridgehead atoms. The highest BCUT2D eigenvalue weighted by Crippen LogP contribution is 2.12. The van der Waals surface area contributed by atoms with Gasteiger partial charge in [-0.25, -0.2) is 0 Å². The molecule has 2 heterocycles. The molecular weight excluding hydrogens is 242 g/mol. The molecule has 2 rings (SSSR count). The summed E-state index contributed by atoms with van der Waals surface area (Å²) in [5.74, 6) is 0. The van der Waals surface area contributed by atoms with Crippen molar-refractivity contribution in [2.24, 2.45) is 0 Å². The summed E-state index contributed by atoms with van der Waals surface area (Å²) < 4.78 is 7.05. The molecule has 0 spiro atoms. The number of hydrogen-bond donors (Lipinski definition) is 1. The Bertz CT molecular complexity index is 450. The lowest BCUT2D eigenvalue weighted by molar-refractivity contribution is 0.0405. The smallest absolute Gasteiger partial charge is 0.250 e. The van der Waals surface area contributed by atoms with Gasteiger partial charge in [0.05, 0.1) is 6.10 Å². The Hall–Kier alpha value is -1.33. The first-order valence-electron chi connectivity index (χ1n) is 6.90. The SMILES string of the molecule is COC1CCN(CCCn2cc(N)ccc2=O)CC1. The molecule has 5 nitrogen and oxygen atoms in total. The molecule has 1 aliphatic heterocycles. The zero-order chi connectivity index (χ0) is 13.7. The van der Waals surface area contributed by atoms with Crippen LogP contribution in [0.3, 0.4) is 0 Å². The minimum Gasteiger partial charge on any atom is -0.398 e. The van der Waals surface area contributed by atoms with Crippen LogP contribution >= 0.6 is 0 Å². The molecule has 0 saturated carbocycles. The van der Waals surface area contributed by atoms with Crippen LogP contribution in [0, 0.1) is 0 Å². The third-order valence-electron chi connectivity index (χ3n) is 3.75. The molecule has 106 valence electrons. The Morgan fingerprint density at radius 1 is 1.32 bits per heavy atom. The summed E-state index contributed by atoms with van der Waals surface area (Å²) in [4.78, 5) is 14.1. The van der Waals surface area contributed by atoms with Crippen LogP contribution in [-0.2, 0) is 11.3 Å². The van der Waals surface area contributed by atoms with Crippen molar-refractivity contribution >= 4 is 5.69 Å². The van der Waals surface area contributed by atoms with Crippen molar-refractivity contribution in [2.45, 2.75) is 31.9 Å². The topological polar surface area (TPSA) is 60.5 Å². The normalized spacial score (nSPS) is 17.7. The summed E-state index contributed by atoms with van der Waals surface area (Å²) >= 11 is 0. The van der Waals surface area contributed by atoms with Crippen LogP contribution in [0.5, 0.6) is 0 Å². The Labute approximate surface area is 114 Å². The number of nitrogens with zero attached hydrogens (tertiary/aromatic N) is 2. The van der Waals surface area contributed by atoms with Crippen LogP contribution in [0.2, 0.25) is 0 Å². The van der Waals surface area contributed by atoms with E-state index in [4.69, 9.17) is 10.5 Å². The van der Waals surface area contributed by atoms with Crippen LogP contribution in [-0.4, -0.2) is 42.3 Å². The van der Waals surface area contributed by atoms with Gasteiger partial charge in [-0.05, 0) is 31.9 Å². The molecule has 0 atom stereocenters. The first-order valence-corrected chi connectivity index (χ1v) is 6.90. The average Bonchev–Trinajstić information content (AvgIpc) is 2.43. The average molecular weight is 265 g/mol. The maximum absolute atomic E-state index is 11.6. The fourth-order valence-electron chi connectivity index (χ4n) is 2.56. The van der Waals surface area contributed by atoms with Crippen molar-refractivity contribution in [1.29, 1.82) is 0 Å². The number of nitrogen functional groups attached to an aromatic ring is 1. The molecule has 0 aromatic carbocycles. The van der Waals surface area contributed by atoms with Gasteiger partial charge in [-0.1, -0.05) is 0 Å². The zero-order valence-corrected chi connectivity index (χ0v) is 11.5.